The first-order valence-electron chi connectivity index (χ1n) is 8.30. The number of hydrogen-bond donors (Lipinski definition) is 1. The van der Waals surface area contributed by atoms with E-state index in [0.717, 1.165) is 15.9 Å². The van der Waals surface area contributed by atoms with Crippen LogP contribution in [0.5, 0.6) is 0 Å². The van der Waals surface area contributed by atoms with E-state index in [0.29, 0.717) is 22.8 Å². The molecule has 2 aromatic heterocycles. The SMILES string of the molecule is Cc1nn(CCC(=O)Nc2cnn(Cc3c(F)cccc3Cl)c2)c(C)c1Br. The van der Waals surface area contributed by atoms with Gasteiger partial charge in [0.1, 0.15) is 5.82 Å². The van der Waals surface area contributed by atoms with Gasteiger partial charge in [-0.1, -0.05) is 17.7 Å². The number of hydrogen-bond acceptors (Lipinski definition) is 3. The summed E-state index contributed by atoms with van der Waals surface area (Å²) in [5.41, 5.74) is 2.77. The van der Waals surface area contributed by atoms with Crippen LogP contribution in [0.3, 0.4) is 0 Å². The molecule has 0 saturated heterocycles. The fourth-order valence-corrected chi connectivity index (χ4v) is 3.19. The Balaban J connectivity index is 1.58. The van der Waals surface area contributed by atoms with Gasteiger partial charge < -0.3 is 5.32 Å². The normalized spacial score (nSPS) is 11.0. The molecule has 1 amide bonds. The molecule has 0 saturated carbocycles. The zero-order valence-electron chi connectivity index (χ0n) is 14.8. The number of nitrogens with one attached hydrogen (secondary N) is 1. The first-order valence-corrected chi connectivity index (χ1v) is 9.47. The number of carbonyl (C=O) groups is 1. The predicted molar refractivity (Wildman–Crippen MR) is 105 cm³/mol. The molecule has 0 unspecified atom stereocenters. The van der Waals surface area contributed by atoms with Crippen molar-refractivity contribution in [3.05, 3.63) is 62.9 Å². The van der Waals surface area contributed by atoms with E-state index in [1.165, 1.54) is 16.9 Å². The second kappa shape index (κ2) is 8.22. The molecule has 6 nitrogen and oxygen atoms in total. The lowest BCUT2D eigenvalue weighted by atomic mass is 10.2. The molecule has 0 aliphatic heterocycles. The summed E-state index contributed by atoms with van der Waals surface area (Å²) in [6, 6.07) is 4.53. The van der Waals surface area contributed by atoms with Crippen LogP contribution in [0, 0.1) is 19.7 Å². The smallest absolute Gasteiger partial charge is 0.226 e. The van der Waals surface area contributed by atoms with Gasteiger partial charge in [0, 0.05) is 28.9 Å². The predicted octanol–water partition coefficient (Wildman–Crippen LogP) is 4.33. The third-order valence-corrected chi connectivity index (χ3v) is 5.64. The Morgan fingerprint density at radius 3 is 2.81 bits per heavy atom. The Labute approximate surface area is 169 Å². The van der Waals surface area contributed by atoms with Crippen LogP contribution < -0.4 is 5.32 Å². The molecule has 0 radical (unpaired) electrons. The monoisotopic (exact) mass is 453 g/mol. The van der Waals surface area contributed by atoms with Gasteiger partial charge >= 0.3 is 0 Å². The summed E-state index contributed by atoms with van der Waals surface area (Å²) in [5, 5.41) is 11.7. The summed E-state index contributed by atoms with van der Waals surface area (Å²) in [4.78, 5) is 12.2. The van der Waals surface area contributed by atoms with Crippen molar-refractivity contribution in [2.24, 2.45) is 0 Å². The number of anilines is 1. The highest BCUT2D eigenvalue weighted by Crippen LogP contribution is 2.21. The maximum absolute atomic E-state index is 13.9. The lowest BCUT2D eigenvalue weighted by Gasteiger charge is -2.06. The first kappa shape index (κ1) is 19.6. The van der Waals surface area contributed by atoms with E-state index in [1.807, 2.05) is 13.8 Å². The van der Waals surface area contributed by atoms with E-state index < -0.39 is 0 Å². The van der Waals surface area contributed by atoms with Gasteiger partial charge in [-0.2, -0.15) is 10.2 Å². The van der Waals surface area contributed by atoms with Gasteiger partial charge in [0.2, 0.25) is 5.91 Å². The second-order valence-electron chi connectivity index (χ2n) is 6.13. The molecule has 0 fully saturated rings. The highest BCUT2D eigenvalue weighted by molar-refractivity contribution is 9.10. The van der Waals surface area contributed by atoms with Gasteiger partial charge in [-0.3, -0.25) is 14.2 Å². The number of amides is 1. The van der Waals surface area contributed by atoms with Gasteiger partial charge in [0.15, 0.2) is 0 Å². The Hall–Kier alpha value is -2.19. The van der Waals surface area contributed by atoms with Crippen molar-refractivity contribution in [1.82, 2.24) is 19.6 Å². The zero-order valence-corrected chi connectivity index (χ0v) is 17.2. The zero-order chi connectivity index (χ0) is 19.6. The molecule has 0 spiro atoms. The van der Waals surface area contributed by atoms with Crippen LogP contribution in [-0.2, 0) is 17.9 Å². The van der Waals surface area contributed by atoms with Crippen molar-refractivity contribution >= 4 is 39.1 Å². The van der Waals surface area contributed by atoms with Crippen LogP contribution >= 0.6 is 27.5 Å². The number of aryl methyl sites for hydroxylation is 2. The number of rotatable bonds is 6. The largest absolute Gasteiger partial charge is 0.323 e. The van der Waals surface area contributed by atoms with Crippen LogP contribution in [0.1, 0.15) is 23.4 Å². The fourth-order valence-electron chi connectivity index (χ4n) is 2.68. The molecule has 142 valence electrons. The summed E-state index contributed by atoms with van der Waals surface area (Å²) in [6.45, 7) is 4.51. The molecule has 3 rings (SSSR count). The standard InChI is InChI=1S/C18H18BrClFN5O/c1-11-18(19)12(2)26(24-11)7-6-17(27)23-13-8-22-25(9-13)10-14-15(20)4-3-5-16(14)21/h3-5,8-9H,6-7,10H2,1-2H3,(H,23,27). The van der Waals surface area contributed by atoms with Crippen molar-refractivity contribution in [3.8, 4) is 0 Å². The number of nitrogens with zero attached hydrogens (tertiary/aromatic N) is 4. The molecule has 1 N–H and O–H groups in total. The highest BCUT2D eigenvalue weighted by Gasteiger charge is 2.12. The van der Waals surface area contributed by atoms with Crippen molar-refractivity contribution in [1.29, 1.82) is 0 Å². The number of halogens is 3. The number of aromatic nitrogens is 4. The Morgan fingerprint density at radius 2 is 2.15 bits per heavy atom. The molecular weight excluding hydrogens is 437 g/mol. The minimum Gasteiger partial charge on any atom is -0.323 e. The van der Waals surface area contributed by atoms with Crippen molar-refractivity contribution < 1.29 is 9.18 Å². The summed E-state index contributed by atoms with van der Waals surface area (Å²) in [7, 11) is 0. The summed E-state index contributed by atoms with van der Waals surface area (Å²) in [5.74, 6) is -0.540. The van der Waals surface area contributed by atoms with E-state index in [4.69, 9.17) is 11.6 Å². The first-order chi connectivity index (χ1) is 12.8. The average Bonchev–Trinajstić information content (AvgIpc) is 3.16. The minimum atomic E-state index is -0.389. The van der Waals surface area contributed by atoms with Crippen molar-refractivity contribution in [2.75, 3.05) is 5.32 Å². The topological polar surface area (TPSA) is 64.7 Å². The maximum Gasteiger partial charge on any atom is 0.226 e. The van der Waals surface area contributed by atoms with Crippen molar-refractivity contribution in [3.63, 3.8) is 0 Å². The fraction of sp³-hybridized carbons (Fsp3) is 0.278. The Bertz CT molecular complexity index is 964. The van der Waals surface area contributed by atoms with Gasteiger partial charge in [-0.15, -0.1) is 0 Å². The molecule has 0 aliphatic carbocycles. The van der Waals surface area contributed by atoms with Crippen molar-refractivity contribution in [2.45, 2.75) is 33.4 Å². The van der Waals surface area contributed by atoms with E-state index in [1.54, 1.807) is 23.0 Å². The molecule has 27 heavy (non-hydrogen) atoms. The van der Waals surface area contributed by atoms with Crippen LogP contribution in [0.4, 0.5) is 10.1 Å². The van der Waals surface area contributed by atoms with Gasteiger partial charge in [0.05, 0.1) is 35.1 Å². The van der Waals surface area contributed by atoms with Crippen LogP contribution in [0.15, 0.2) is 35.1 Å². The molecule has 1 aromatic carbocycles. The molecular formula is C18H18BrClFN5O. The quantitative estimate of drug-likeness (QED) is 0.603. The average molecular weight is 455 g/mol. The summed E-state index contributed by atoms with van der Waals surface area (Å²) >= 11 is 9.50. The molecule has 0 bridgehead atoms. The number of benzene rings is 1. The molecule has 2 heterocycles. The summed E-state index contributed by atoms with van der Waals surface area (Å²) in [6.07, 6.45) is 3.44. The van der Waals surface area contributed by atoms with E-state index >= 15 is 0 Å². The lowest BCUT2D eigenvalue weighted by molar-refractivity contribution is -0.116. The maximum atomic E-state index is 13.9. The number of carbonyl (C=O) groups excluding carboxylic acids is 1. The lowest BCUT2D eigenvalue weighted by Crippen LogP contribution is -2.15. The van der Waals surface area contributed by atoms with E-state index in [-0.39, 0.29) is 24.7 Å². The molecule has 0 aliphatic rings. The van der Waals surface area contributed by atoms with Crippen LogP contribution in [-0.4, -0.2) is 25.5 Å². The third kappa shape index (κ3) is 4.56. The molecule has 0 atom stereocenters. The summed E-state index contributed by atoms with van der Waals surface area (Å²) < 4.78 is 18.1. The Morgan fingerprint density at radius 1 is 1.37 bits per heavy atom. The second-order valence-corrected chi connectivity index (χ2v) is 7.33. The van der Waals surface area contributed by atoms with Gasteiger partial charge in [-0.25, -0.2) is 4.39 Å². The van der Waals surface area contributed by atoms with E-state index in [2.05, 4.69) is 31.4 Å². The van der Waals surface area contributed by atoms with Crippen LogP contribution in [0.2, 0.25) is 5.02 Å². The third-order valence-electron chi connectivity index (χ3n) is 4.14. The molecule has 3 aromatic rings. The van der Waals surface area contributed by atoms with Gasteiger partial charge in [-0.05, 0) is 41.9 Å². The van der Waals surface area contributed by atoms with E-state index in [9.17, 15) is 9.18 Å². The molecule has 9 heteroatoms. The Kier molecular flexibility index (Phi) is 5.96. The minimum absolute atomic E-state index is 0.151. The highest BCUT2D eigenvalue weighted by atomic mass is 79.9. The van der Waals surface area contributed by atoms with Gasteiger partial charge in [0.25, 0.3) is 0 Å². The van der Waals surface area contributed by atoms with Crippen LogP contribution in [0.25, 0.3) is 0 Å².